The molecule has 0 fully saturated rings. The largest absolute Gasteiger partial charge is 0.497 e. The van der Waals surface area contributed by atoms with E-state index in [0.29, 0.717) is 18.7 Å². The standard InChI is InChI=1S/C28H29F3N2O3S/c1-4-18(2)33(27(35)20-5-9-21(10-6-20)28(29,30)31)17-25(34)32-15-13-24-23(14-16-37-24)26(32)19-7-11-22(36-3)12-8-19/h5-12,14,16,18,26H,4,13,15,17H2,1-3H3. The molecule has 0 saturated carbocycles. The van der Waals surface area contributed by atoms with Gasteiger partial charge in [-0.1, -0.05) is 19.1 Å². The van der Waals surface area contributed by atoms with Crippen molar-refractivity contribution in [1.29, 1.82) is 0 Å². The van der Waals surface area contributed by atoms with Gasteiger partial charge in [0.2, 0.25) is 5.91 Å². The second-order valence-electron chi connectivity index (χ2n) is 9.08. The number of ether oxygens (including phenoxy) is 1. The number of amides is 2. The molecule has 2 unspecified atom stereocenters. The van der Waals surface area contributed by atoms with Crippen LogP contribution in [-0.2, 0) is 17.4 Å². The second-order valence-corrected chi connectivity index (χ2v) is 10.1. The summed E-state index contributed by atoms with van der Waals surface area (Å²) in [5.74, 6) is 0.0388. The monoisotopic (exact) mass is 530 g/mol. The van der Waals surface area contributed by atoms with Crippen LogP contribution in [0.4, 0.5) is 13.2 Å². The maximum Gasteiger partial charge on any atom is 0.416 e. The van der Waals surface area contributed by atoms with Crippen molar-refractivity contribution in [3.8, 4) is 5.75 Å². The highest BCUT2D eigenvalue weighted by Crippen LogP contribution is 2.38. The van der Waals surface area contributed by atoms with E-state index in [4.69, 9.17) is 4.74 Å². The van der Waals surface area contributed by atoms with Crippen LogP contribution in [0, 0.1) is 0 Å². The van der Waals surface area contributed by atoms with Crippen molar-refractivity contribution in [1.82, 2.24) is 9.80 Å². The quantitative estimate of drug-likeness (QED) is 0.366. The normalized spacial score (nSPS) is 16.2. The van der Waals surface area contributed by atoms with E-state index in [-0.39, 0.29) is 30.1 Å². The Kier molecular flexibility index (Phi) is 7.92. The van der Waals surface area contributed by atoms with Crippen molar-refractivity contribution in [3.63, 3.8) is 0 Å². The molecular formula is C28H29F3N2O3S. The number of rotatable bonds is 7. The number of thiophene rings is 1. The molecule has 2 aromatic carbocycles. The van der Waals surface area contributed by atoms with E-state index >= 15 is 0 Å². The minimum atomic E-state index is -4.49. The molecule has 0 bridgehead atoms. The lowest BCUT2D eigenvalue weighted by atomic mass is 9.93. The van der Waals surface area contributed by atoms with Crippen LogP contribution in [0.25, 0.3) is 0 Å². The number of hydrogen-bond donors (Lipinski definition) is 0. The van der Waals surface area contributed by atoms with Crippen molar-refractivity contribution in [2.45, 2.75) is 44.9 Å². The van der Waals surface area contributed by atoms with E-state index in [1.165, 1.54) is 21.9 Å². The van der Waals surface area contributed by atoms with Crippen LogP contribution in [-0.4, -0.2) is 47.9 Å². The molecule has 37 heavy (non-hydrogen) atoms. The topological polar surface area (TPSA) is 49.9 Å². The van der Waals surface area contributed by atoms with E-state index in [1.807, 2.05) is 49.6 Å². The summed E-state index contributed by atoms with van der Waals surface area (Å²) in [5.41, 5.74) is 1.31. The van der Waals surface area contributed by atoms with Gasteiger partial charge in [-0.05, 0) is 78.7 Å². The summed E-state index contributed by atoms with van der Waals surface area (Å²) in [6.45, 7) is 4.08. The number of hydrogen-bond acceptors (Lipinski definition) is 4. The van der Waals surface area contributed by atoms with Crippen LogP contribution < -0.4 is 4.74 Å². The zero-order valence-corrected chi connectivity index (χ0v) is 21.7. The van der Waals surface area contributed by atoms with Crippen molar-refractivity contribution in [3.05, 3.63) is 87.1 Å². The molecule has 1 aliphatic heterocycles. The zero-order valence-electron chi connectivity index (χ0n) is 20.9. The molecule has 0 N–H and O–H groups in total. The molecule has 2 atom stereocenters. The molecule has 5 nitrogen and oxygen atoms in total. The van der Waals surface area contributed by atoms with Gasteiger partial charge < -0.3 is 14.5 Å². The van der Waals surface area contributed by atoms with E-state index in [1.54, 1.807) is 23.3 Å². The third-order valence-corrected chi connectivity index (χ3v) is 7.86. The maximum atomic E-state index is 13.8. The Balaban J connectivity index is 1.61. The van der Waals surface area contributed by atoms with Gasteiger partial charge in [-0.25, -0.2) is 0 Å². The summed E-state index contributed by atoms with van der Waals surface area (Å²) in [6.07, 6.45) is -3.17. The highest BCUT2D eigenvalue weighted by molar-refractivity contribution is 7.10. The van der Waals surface area contributed by atoms with Gasteiger partial charge >= 0.3 is 6.18 Å². The third-order valence-electron chi connectivity index (χ3n) is 6.87. The van der Waals surface area contributed by atoms with Crippen LogP contribution in [0.3, 0.4) is 0 Å². The number of alkyl halides is 3. The van der Waals surface area contributed by atoms with Gasteiger partial charge in [-0.3, -0.25) is 9.59 Å². The van der Waals surface area contributed by atoms with Gasteiger partial charge in [0, 0.05) is 23.0 Å². The molecule has 0 radical (unpaired) electrons. The molecule has 196 valence electrons. The summed E-state index contributed by atoms with van der Waals surface area (Å²) >= 11 is 1.67. The summed E-state index contributed by atoms with van der Waals surface area (Å²) in [4.78, 5) is 31.6. The predicted molar refractivity (Wildman–Crippen MR) is 137 cm³/mol. The molecule has 9 heteroatoms. The van der Waals surface area contributed by atoms with Crippen LogP contribution in [0.5, 0.6) is 5.75 Å². The summed E-state index contributed by atoms with van der Waals surface area (Å²) in [5, 5.41) is 2.02. The Labute approximate surface area is 218 Å². The van der Waals surface area contributed by atoms with Crippen molar-refractivity contribution in [2.24, 2.45) is 0 Å². The predicted octanol–water partition coefficient (Wildman–Crippen LogP) is 6.19. The fourth-order valence-electron chi connectivity index (χ4n) is 4.58. The van der Waals surface area contributed by atoms with Crippen molar-refractivity contribution < 1.29 is 27.5 Å². The van der Waals surface area contributed by atoms with Crippen molar-refractivity contribution >= 4 is 23.2 Å². The summed E-state index contributed by atoms with van der Waals surface area (Å²) < 4.78 is 44.3. The average molecular weight is 531 g/mol. The first-order valence-electron chi connectivity index (χ1n) is 12.1. The highest BCUT2D eigenvalue weighted by atomic mass is 32.1. The number of halogens is 3. The molecule has 1 aromatic heterocycles. The molecule has 0 aliphatic carbocycles. The van der Waals surface area contributed by atoms with Crippen LogP contribution in [0.2, 0.25) is 0 Å². The van der Waals surface area contributed by atoms with E-state index < -0.39 is 17.6 Å². The molecule has 3 aromatic rings. The van der Waals surface area contributed by atoms with Gasteiger partial charge in [-0.2, -0.15) is 13.2 Å². The Morgan fingerprint density at radius 3 is 2.38 bits per heavy atom. The molecule has 2 amide bonds. The molecule has 4 rings (SSSR count). The summed E-state index contributed by atoms with van der Waals surface area (Å²) in [6, 6.07) is 13.2. The Bertz CT molecular complexity index is 1240. The summed E-state index contributed by atoms with van der Waals surface area (Å²) in [7, 11) is 1.60. The SMILES string of the molecule is CCC(C)N(CC(=O)N1CCc2sccc2C1c1ccc(OC)cc1)C(=O)c1ccc(C(F)(F)F)cc1. The number of fused-ring (bicyclic) bond motifs is 1. The first-order valence-corrected chi connectivity index (χ1v) is 13.0. The minimum Gasteiger partial charge on any atom is -0.497 e. The fourth-order valence-corrected chi connectivity index (χ4v) is 5.49. The molecule has 2 heterocycles. The smallest absolute Gasteiger partial charge is 0.416 e. The van der Waals surface area contributed by atoms with Crippen LogP contribution >= 0.6 is 11.3 Å². The van der Waals surface area contributed by atoms with Crippen LogP contribution in [0.15, 0.2) is 60.0 Å². The van der Waals surface area contributed by atoms with E-state index in [0.717, 1.165) is 29.7 Å². The highest BCUT2D eigenvalue weighted by Gasteiger charge is 2.35. The zero-order chi connectivity index (χ0) is 26.7. The number of methoxy groups -OCH3 is 1. The number of nitrogens with zero attached hydrogens (tertiary/aromatic N) is 2. The number of benzene rings is 2. The Hall–Kier alpha value is -3.33. The lowest BCUT2D eigenvalue weighted by Crippen LogP contribution is -2.49. The lowest BCUT2D eigenvalue weighted by molar-refractivity contribution is -0.137. The average Bonchev–Trinajstić information content (AvgIpc) is 3.39. The molecule has 1 aliphatic rings. The Morgan fingerprint density at radius 1 is 1.11 bits per heavy atom. The fraction of sp³-hybridized carbons (Fsp3) is 0.357. The third kappa shape index (κ3) is 5.66. The van der Waals surface area contributed by atoms with Gasteiger partial charge in [0.1, 0.15) is 12.3 Å². The van der Waals surface area contributed by atoms with Gasteiger partial charge in [0.25, 0.3) is 5.91 Å². The maximum absolute atomic E-state index is 13.8. The van der Waals surface area contributed by atoms with Gasteiger partial charge in [0.15, 0.2) is 0 Å². The van der Waals surface area contributed by atoms with E-state index in [9.17, 15) is 22.8 Å². The van der Waals surface area contributed by atoms with E-state index in [2.05, 4.69) is 0 Å². The first kappa shape index (κ1) is 26.7. The molecule has 0 spiro atoms. The van der Waals surface area contributed by atoms with Crippen molar-refractivity contribution in [2.75, 3.05) is 20.2 Å². The Morgan fingerprint density at radius 2 is 1.78 bits per heavy atom. The lowest BCUT2D eigenvalue weighted by Gasteiger charge is -2.38. The van der Waals surface area contributed by atoms with Gasteiger partial charge in [0.05, 0.1) is 18.7 Å². The first-order chi connectivity index (χ1) is 17.6. The second kappa shape index (κ2) is 11.0. The molecule has 0 saturated heterocycles. The van der Waals surface area contributed by atoms with Crippen LogP contribution in [0.1, 0.15) is 58.2 Å². The number of carbonyl (C=O) groups is 2. The minimum absolute atomic E-state index is 0.117. The van der Waals surface area contributed by atoms with Gasteiger partial charge in [-0.15, -0.1) is 11.3 Å². The molecular weight excluding hydrogens is 501 g/mol. The number of carbonyl (C=O) groups excluding carboxylic acids is 2.